The van der Waals surface area contributed by atoms with Crippen LogP contribution in [0.4, 0.5) is 8.78 Å². The van der Waals surface area contributed by atoms with E-state index in [1.54, 1.807) is 0 Å². The van der Waals surface area contributed by atoms with Gasteiger partial charge in [0.15, 0.2) is 0 Å². The van der Waals surface area contributed by atoms with Gasteiger partial charge in [-0.1, -0.05) is 30.5 Å². The summed E-state index contributed by atoms with van der Waals surface area (Å²) >= 11 is 2.93. The van der Waals surface area contributed by atoms with Gasteiger partial charge in [-0.3, -0.25) is 4.79 Å². The van der Waals surface area contributed by atoms with Gasteiger partial charge in [0, 0.05) is 5.92 Å². The van der Waals surface area contributed by atoms with Crippen LogP contribution in [-0.2, 0) is 21.2 Å². The Kier molecular flexibility index (Phi) is 7.62. The highest BCUT2D eigenvalue weighted by atomic mass is 79.9. The van der Waals surface area contributed by atoms with Gasteiger partial charge >= 0.3 is 5.97 Å². The molecule has 0 spiro atoms. The van der Waals surface area contributed by atoms with E-state index in [4.69, 9.17) is 4.52 Å². The molecule has 1 aliphatic carbocycles. The van der Waals surface area contributed by atoms with Crippen LogP contribution in [0.15, 0.2) is 50.3 Å². The van der Waals surface area contributed by atoms with E-state index in [-0.39, 0.29) is 33.8 Å². The minimum Gasteiger partial charge on any atom is -0.480 e. The lowest BCUT2D eigenvalue weighted by atomic mass is 9.89. The molecular formula is C23H22BrF2N3O5S. The van der Waals surface area contributed by atoms with Crippen molar-refractivity contribution in [2.45, 2.75) is 55.4 Å². The van der Waals surface area contributed by atoms with E-state index in [9.17, 15) is 27.1 Å². The van der Waals surface area contributed by atoms with Gasteiger partial charge in [0.1, 0.15) is 17.7 Å². The number of rotatable bonds is 8. The lowest BCUT2D eigenvalue weighted by Crippen LogP contribution is -2.42. The maximum atomic E-state index is 14.9. The zero-order valence-corrected chi connectivity index (χ0v) is 20.8. The molecule has 2 N–H and O–H groups in total. The van der Waals surface area contributed by atoms with Gasteiger partial charge < -0.3 is 9.63 Å². The summed E-state index contributed by atoms with van der Waals surface area (Å²) < 4.78 is 61.2. The van der Waals surface area contributed by atoms with Crippen LogP contribution in [0.3, 0.4) is 0 Å². The Morgan fingerprint density at radius 2 is 1.89 bits per heavy atom. The predicted molar refractivity (Wildman–Crippen MR) is 125 cm³/mol. The molecule has 4 rings (SSSR count). The van der Waals surface area contributed by atoms with Crippen LogP contribution in [0.2, 0.25) is 0 Å². The summed E-state index contributed by atoms with van der Waals surface area (Å²) in [5.41, 5.74) is 0.330. The fourth-order valence-electron chi connectivity index (χ4n) is 4.04. The van der Waals surface area contributed by atoms with Crippen LogP contribution in [0.25, 0.3) is 11.4 Å². The van der Waals surface area contributed by atoms with E-state index in [2.05, 4.69) is 26.1 Å². The Morgan fingerprint density at radius 1 is 1.14 bits per heavy atom. The molecule has 0 amide bonds. The largest absolute Gasteiger partial charge is 0.480 e. The van der Waals surface area contributed by atoms with Crippen molar-refractivity contribution in [2.75, 3.05) is 0 Å². The first-order valence-electron chi connectivity index (χ1n) is 11.0. The van der Waals surface area contributed by atoms with Crippen LogP contribution in [0, 0.1) is 11.6 Å². The molecule has 0 radical (unpaired) electrons. The molecule has 12 heteroatoms. The topological polar surface area (TPSA) is 122 Å². The number of carboxylic acids is 1. The van der Waals surface area contributed by atoms with Crippen molar-refractivity contribution in [2.24, 2.45) is 0 Å². The lowest BCUT2D eigenvalue weighted by Gasteiger charge is -2.17. The van der Waals surface area contributed by atoms with Crippen LogP contribution < -0.4 is 4.72 Å². The third-order valence-corrected chi connectivity index (χ3v) is 8.02. The van der Waals surface area contributed by atoms with Gasteiger partial charge in [-0.15, -0.1) is 0 Å². The summed E-state index contributed by atoms with van der Waals surface area (Å²) in [6.45, 7) is 0. The number of nitrogens with one attached hydrogen (secondary N) is 1. The summed E-state index contributed by atoms with van der Waals surface area (Å²) in [6.07, 6.45) is 4.88. The highest BCUT2D eigenvalue weighted by molar-refractivity contribution is 9.10. The van der Waals surface area contributed by atoms with E-state index in [0.29, 0.717) is 5.89 Å². The minimum atomic E-state index is -4.35. The summed E-state index contributed by atoms with van der Waals surface area (Å²) in [5, 5.41) is 13.4. The van der Waals surface area contributed by atoms with Crippen molar-refractivity contribution in [3.63, 3.8) is 0 Å². The second-order valence-corrected chi connectivity index (χ2v) is 11.0. The smallest absolute Gasteiger partial charge is 0.322 e. The van der Waals surface area contributed by atoms with Crippen LogP contribution >= 0.6 is 15.9 Å². The summed E-state index contributed by atoms with van der Waals surface area (Å²) in [4.78, 5) is 15.6. The molecule has 0 saturated heterocycles. The molecule has 2 aromatic carbocycles. The average Bonchev–Trinajstić information content (AvgIpc) is 3.31. The Labute approximate surface area is 208 Å². The number of hydrogen-bond donors (Lipinski definition) is 2. The van der Waals surface area contributed by atoms with Gasteiger partial charge in [-0.05, 0) is 71.1 Å². The maximum absolute atomic E-state index is 14.9. The number of aliphatic carboxylic acids is 1. The second-order valence-electron chi connectivity index (χ2n) is 8.40. The molecule has 1 heterocycles. The zero-order chi connectivity index (χ0) is 25.2. The summed E-state index contributed by atoms with van der Waals surface area (Å²) in [6, 6.07) is 5.47. The van der Waals surface area contributed by atoms with Gasteiger partial charge in [-0.2, -0.15) is 9.71 Å². The van der Waals surface area contributed by atoms with Gasteiger partial charge in [-0.25, -0.2) is 17.2 Å². The fraction of sp³-hybridized carbons (Fsp3) is 0.348. The number of benzene rings is 2. The zero-order valence-electron chi connectivity index (χ0n) is 18.4. The minimum absolute atomic E-state index is 0.0641. The van der Waals surface area contributed by atoms with Gasteiger partial charge in [0.2, 0.25) is 21.7 Å². The van der Waals surface area contributed by atoms with Crippen molar-refractivity contribution >= 4 is 31.9 Å². The Morgan fingerprint density at radius 3 is 2.54 bits per heavy atom. The monoisotopic (exact) mass is 569 g/mol. The molecular weight excluding hydrogens is 548 g/mol. The number of sulfonamides is 1. The quantitative estimate of drug-likeness (QED) is 0.399. The fourth-order valence-corrected chi connectivity index (χ4v) is 5.49. The highest BCUT2D eigenvalue weighted by Gasteiger charge is 2.27. The first-order chi connectivity index (χ1) is 16.6. The Bertz CT molecular complexity index is 1340. The molecule has 1 atom stereocenters. The van der Waals surface area contributed by atoms with Gasteiger partial charge in [0.25, 0.3) is 0 Å². The molecule has 1 aromatic heterocycles. The standard InChI is InChI=1S/C23H22BrF2N3O5S/c24-17-9-7-15(12-19(17)26)35(32,33)29-20(23(30)31)11-13-6-8-16(18(25)10-13)21-27-22(34-28-21)14-4-2-1-3-5-14/h6-10,12,14,20,29H,1-5,11H2,(H,30,31). The van der Waals surface area contributed by atoms with Crippen LogP contribution in [0.1, 0.15) is 49.5 Å². The normalized spacial score (nSPS) is 15.7. The second kappa shape index (κ2) is 10.5. The molecule has 35 heavy (non-hydrogen) atoms. The van der Waals surface area contributed by atoms with Gasteiger partial charge in [0.05, 0.1) is 14.9 Å². The first kappa shape index (κ1) is 25.4. The maximum Gasteiger partial charge on any atom is 0.322 e. The summed E-state index contributed by atoms with van der Waals surface area (Å²) in [5.74, 6) is -2.23. The Balaban J connectivity index is 1.50. The van der Waals surface area contributed by atoms with Crippen LogP contribution in [0.5, 0.6) is 0 Å². The number of nitrogens with zero attached hydrogens (tertiary/aromatic N) is 2. The molecule has 1 fully saturated rings. The number of halogens is 3. The molecule has 0 bridgehead atoms. The molecule has 1 saturated carbocycles. The third kappa shape index (κ3) is 5.93. The lowest BCUT2D eigenvalue weighted by molar-refractivity contribution is -0.138. The number of carbonyl (C=O) groups is 1. The summed E-state index contributed by atoms with van der Waals surface area (Å²) in [7, 11) is -4.35. The SMILES string of the molecule is O=C(O)C(Cc1ccc(-c2noc(C3CCCCC3)n2)c(F)c1)NS(=O)(=O)c1ccc(Br)c(F)c1. The number of hydrogen-bond acceptors (Lipinski definition) is 6. The van der Waals surface area contributed by atoms with Crippen molar-refractivity contribution in [3.05, 3.63) is 64.0 Å². The number of carboxylic acid groups (broad SMARTS) is 1. The van der Waals surface area contributed by atoms with E-state index < -0.39 is 38.6 Å². The predicted octanol–water partition coefficient (Wildman–Crippen LogP) is 4.80. The van der Waals surface area contributed by atoms with Crippen molar-refractivity contribution in [1.29, 1.82) is 0 Å². The first-order valence-corrected chi connectivity index (χ1v) is 13.2. The molecule has 186 valence electrons. The van der Waals surface area contributed by atoms with Crippen molar-refractivity contribution in [3.8, 4) is 11.4 Å². The number of aromatic nitrogens is 2. The highest BCUT2D eigenvalue weighted by Crippen LogP contribution is 2.33. The molecule has 3 aromatic rings. The average molecular weight is 570 g/mol. The molecule has 1 unspecified atom stereocenters. The molecule has 8 nitrogen and oxygen atoms in total. The van der Waals surface area contributed by atoms with E-state index in [0.717, 1.165) is 43.9 Å². The third-order valence-electron chi connectivity index (χ3n) is 5.91. The van der Waals surface area contributed by atoms with E-state index >= 15 is 0 Å². The molecule has 0 aliphatic heterocycles. The van der Waals surface area contributed by atoms with E-state index in [1.165, 1.54) is 24.6 Å². The van der Waals surface area contributed by atoms with Crippen molar-refractivity contribution < 1.29 is 31.6 Å². The molecule has 1 aliphatic rings. The van der Waals surface area contributed by atoms with Crippen LogP contribution in [-0.4, -0.2) is 35.7 Å². The Hall–Kier alpha value is -2.70. The van der Waals surface area contributed by atoms with Crippen molar-refractivity contribution in [1.82, 2.24) is 14.9 Å². The van der Waals surface area contributed by atoms with E-state index in [1.807, 2.05) is 4.72 Å².